The van der Waals surface area contributed by atoms with Crippen LogP contribution >= 0.6 is 0 Å². The molecular formula is C10H16N4. The monoisotopic (exact) mass is 192 g/mol. The Hall–Kier alpha value is -1.16. The minimum absolute atomic E-state index is 0.255. The van der Waals surface area contributed by atoms with Crippen LogP contribution in [0.25, 0.3) is 0 Å². The van der Waals surface area contributed by atoms with Gasteiger partial charge in [-0.15, -0.1) is 5.10 Å². The molecule has 1 aromatic heterocycles. The first kappa shape index (κ1) is 9.40. The van der Waals surface area contributed by atoms with Crippen LogP contribution in [0.5, 0.6) is 0 Å². The fourth-order valence-electron chi connectivity index (χ4n) is 1.91. The van der Waals surface area contributed by atoms with Crippen molar-refractivity contribution in [2.45, 2.75) is 37.8 Å². The molecule has 0 radical (unpaired) electrons. The lowest BCUT2D eigenvalue weighted by Gasteiger charge is -2.29. The average molecular weight is 192 g/mol. The highest BCUT2D eigenvalue weighted by molar-refractivity contribution is 5.33. The van der Waals surface area contributed by atoms with Gasteiger partial charge in [-0.25, -0.2) is 0 Å². The van der Waals surface area contributed by atoms with Gasteiger partial charge in [-0.2, -0.15) is 5.10 Å². The molecular weight excluding hydrogens is 176 g/mol. The van der Waals surface area contributed by atoms with E-state index >= 15 is 0 Å². The van der Waals surface area contributed by atoms with Crippen molar-refractivity contribution in [3.8, 4) is 0 Å². The first-order valence-electron chi connectivity index (χ1n) is 5.16. The van der Waals surface area contributed by atoms with Crippen molar-refractivity contribution in [1.29, 1.82) is 0 Å². The molecule has 1 aromatic rings. The molecule has 0 spiro atoms. The highest BCUT2D eigenvalue weighted by atomic mass is 15.2. The molecule has 1 aliphatic rings. The highest BCUT2D eigenvalue weighted by Gasteiger charge is 2.21. The third kappa shape index (κ3) is 2.20. The minimum atomic E-state index is 0.255. The number of rotatable bonds is 2. The van der Waals surface area contributed by atoms with Crippen LogP contribution < -0.4 is 11.1 Å². The zero-order valence-corrected chi connectivity index (χ0v) is 8.19. The molecule has 4 nitrogen and oxygen atoms in total. The van der Waals surface area contributed by atoms with Crippen molar-refractivity contribution in [1.82, 2.24) is 10.2 Å². The van der Waals surface area contributed by atoms with Crippen LogP contribution in [0.15, 0.2) is 18.3 Å². The van der Waals surface area contributed by atoms with Crippen molar-refractivity contribution in [3.05, 3.63) is 18.3 Å². The van der Waals surface area contributed by atoms with Crippen molar-refractivity contribution in [2.75, 3.05) is 5.32 Å². The predicted octanol–water partition coefficient (Wildman–Crippen LogP) is 1.16. The number of anilines is 1. The second kappa shape index (κ2) is 4.37. The summed E-state index contributed by atoms with van der Waals surface area (Å²) in [4.78, 5) is 0. The first-order valence-corrected chi connectivity index (χ1v) is 5.16. The van der Waals surface area contributed by atoms with E-state index in [9.17, 15) is 0 Å². The molecule has 0 amide bonds. The summed E-state index contributed by atoms with van der Waals surface area (Å²) in [5, 5.41) is 11.1. The molecule has 76 valence electrons. The van der Waals surface area contributed by atoms with Gasteiger partial charge in [0.15, 0.2) is 0 Å². The van der Waals surface area contributed by atoms with Crippen LogP contribution in [0.2, 0.25) is 0 Å². The summed E-state index contributed by atoms with van der Waals surface area (Å²) in [6.07, 6.45) is 6.42. The standard InChI is InChI=1S/C10H16N4/c11-8-4-1-2-5-9(8)13-10-6-3-7-12-14-10/h3,6-9H,1-2,4-5,11H2,(H,13,14). The molecule has 1 heterocycles. The normalized spacial score (nSPS) is 27.2. The van der Waals surface area contributed by atoms with Gasteiger partial charge in [0.25, 0.3) is 0 Å². The van der Waals surface area contributed by atoms with Crippen molar-refractivity contribution in [2.24, 2.45) is 5.73 Å². The number of nitrogens with one attached hydrogen (secondary N) is 1. The van der Waals surface area contributed by atoms with Gasteiger partial charge in [0, 0.05) is 18.3 Å². The maximum absolute atomic E-state index is 6.02. The van der Waals surface area contributed by atoms with E-state index < -0.39 is 0 Å². The Morgan fingerprint density at radius 2 is 2.21 bits per heavy atom. The second-order valence-corrected chi connectivity index (χ2v) is 3.81. The van der Waals surface area contributed by atoms with E-state index in [2.05, 4.69) is 15.5 Å². The Balaban J connectivity index is 1.96. The highest BCUT2D eigenvalue weighted by Crippen LogP contribution is 2.19. The lowest BCUT2D eigenvalue weighted by molar-refractivity contribution is 0.403. The van der Waals surface area contributed by atoms with E-state index in [1.165, 1.54) is 12.8 Å². The molecule has 3 N–H and O–H groups in total. The molecule has 1 fully saturated rings. The lowest BCUT2D eigenvalue weighted by Crippen LogP contribution is -2.42. The van der Waals surface area contributed by atoms with Gasteiger partial charge in [-0.1, -0.05) is 12.8 Å². The third-order valence-electron chi connectivity index (χ3n) is 2.72. The molecule has 4 heteroatoms. The van der Waals surface area contributed by atoms with Gasteiger partial charge in [0.2, 0.25) is 0 Å². The number of aromatic nitrogens is 2. The zero-order valence-electron chi connectivity index (χ0n) is 8.19. The number of nitrogens with zero attached hydrogens (tertiary/aromatic N) is 2. The molecule has 0 saturated heterocycles. The smallest absolute Gasteiger partial charge is 0.148 e. The van der Waals surface area contributed by atoms with Gasteiger partial charge in [0.05, 0.1) is 0 Å². The van der Waals surface area contributed by atoms with E-state index in [0.717, 1.165) is 18.7 Å². The Labute approximate surface area is 83.9 Å². The largest absolute Gasteiger partial charge is 0.364 e. The molecule has 2 rings (SSSR count). The third-order valence-corrected chi connectivity index (χ3v) is 2.72. The van der Waals surface area contributed by atoms with Crippen LogP contribution in [-0.4, -0.2) is 22.3 Å². The summed E-state index contributed by atoms with van der Waals surface area (Å²) in [6.45, 7) is 0. The van der Waals surface area contributed by atoms with Crippen LogP contribution in [0.4, 0.5) is 5.82 Å². The molecule has 2 atom stereocenters. The van der Waals surface area contributed by atoms with Crippen LogP contribution in [0.3, 0.4) is 0 Å². The average Bonchev–Trinajstić information content (AvgIpc) is 2.23. The van der Waals surface area contributed by atoms with Gasteiger partial charge in [-0.3, -0.25) is 0 Å². The Morgan fingerprint density at radius 1 is 1.36 bits per heavy atom. The van der Waals surface area contributed by atoms with Crippen LogP contribution in [-0.2, 0) is 0 Å². The topological polar surface area (TPSA) is 63.8 Å². The molecule has 1 saturated carbocycles. The Bertz CT molecular complexity index is 275. The van der Waals surface area contributed by atoms with Gasteiger partial charge < -0.3 is 11.1 Å². The summed E-state index contributed by atoms with van der Waals surface area (Å²) in [6, 6.07) is 4.42. The SMILES string of the molecule is NC1CCCCC1Nc1cccnn1. The summed E-state index contributed by atoms with van der Waals surface area (Å²) < 4.78 is 0. The van der Waals surface area contributed by atoms with E-state index in [4.69, 9.17) is 5.73 Å². The van der Waals surface area contributed by atoms with Crippen molar-refractivity contribution >= 4 is 5.82 Å². The van der Waals surface area contributed by atoms with Gasteiger partial charge >= 0.3 is 0 Å². The molecule has 2 unspecified atom stereocenters. The van der Waals surface area contributed by atoms with E-state index in [0.29, 0.717) is 6.04 Å². The summed E-state index contributed by atoms with van der Waals surface area (Å²) in [5.41, 5.74) is 6.02. The fraction of sp³-hybridized carbons (Fsp3) is 0.600. The predicted molar refractivity (Wildman–Crippen MR) is 55.9 cm³/mol. The fourth-order valence-corrected chi connectivity index (χ4v) is 1.91. The minimum Gasteiger partial charge on any atom is -0.364 e. The summed E-state index contributed by atoms with van der Waals surface area (Å²) >= 11 is 0. The number of hydrogen-bond donors (Lipinski definition) is 2. The van der Waals surface area contributed by atoms with E-state index in [1.54, 1.807) is 6.20 Å². The maximum Gasteiger partial charge on any atom is 0.148 e. The van der Waals surface area contributed by atoms with Crippen LogP contribution in [0.1, 0.15) is 25.7 Å². The van der Waals surface area contributed by atoms with E-state index in [1.807, 2.05) is 12.1 Å². The van der Waals surface area contributed by atoms with Gasteiger partial charge in [0.1, 0.15) is 5.82 Å². The van der Waals surface area contributed by atoms with Crippen LogP contribution in [0, 0.1) is 0 Å². The number of hydrogen-bond acceptors (Lipinski definition) is 4. The lowest BCUT2D eigenvalue weighted by atomic mass is 9.91. The zero-order chi connectivity index (χ0) is 9.80. The quantitative estimate of drug-likeness (QED) is 0.738. The summed E-state index contributed by atoms with van der Waals surface area (Å²) in [7, 11) is 0. The Morgan fingerprint density at radius 3 is 2.93 bits per heavy atom. The molecule has 0 aromatic carbocycles. The first-order chi connectivity index (χ1) is 6.86. The molecule has 1 aliphatic carbocycles. The number of nitrogens with two attached hydrogens (primary N) is 1. The Kier molecular flexibility index (Phi) is 2.93. The van der Waals surface area contributed by atoms with Crippen molar-refractivity contribution in [3.63, 3.8) is 0 Å². The maximum atomic E-state index is 6.02. The van der Waals surface area contributed by atoms with Crippen molar-refractivity contribution < 1.29 is 0 Å². The molecule has 0 aliphatic heterocycles. The second-order valence-electron chi connectivity index (χ2n) is 3.81. The molecule has 0 bridgehead atoms. The molecule has 14 heavy (non-hydrogen) atoms. The van der Waals surface area contributed by atoms with Gasteiger partial charge in [-0.05, 0) is 25.0 Å². The van der Waals surface area contributed by atoms with E-state index in [-0.39, 0.29) is 6.04 Å². The summed E-state index contributed by atoms with van der Waals surface area (Å²) in [5.74, 6) is 0.829.